The molecular weight excluding hydrogens is 266 g/mol. The summed E-state index contributed by atoms with van der Waals surface area (Å²) in [7, 11) is 0. The first-order valence-electron chi connectivity index (χ1n) is 6.85. The highest BCUT2D eigenvalue weighted by Crippen LogP contribution is 2.39. The predicted octanol–water partition coefficient (Wildman–Crippen LogP) is 2.37. The highest BCUT2D eigenvalue weighted by atomic mass is 16.2. The third-order valence-electron chi connectivity index (χ3n) is 4.01. The average molecular weight is 289 g/mol. The van der Waals surface area contributed by atoms with Gasteiger partial charge in [-0.25, -0.2) is 4.98 Å². The van der Waals surface area contributed by atoms with E-state index < -0.39 is 10.8 Å². The lowest BCUT2D eigenvalue weighted by atomic mass is 9.66. The van der Waals surface area contributed by atoms with Crippen LogP contribution in [-0.4, -0.2) is 23.3 Å². The van der Waals surface area contributed by atoms with Gasteiger partial charge in [-0.15, -0.1) is 6.58 Å². The number of rotatable bonds is 6. The van der Waals surface area contributed by atoms with Crippen molar-refractivity contribution in [3.05, 3.63) is 37.1 Å². The molecule has 5 nitrogen and oxygen atoms in total. The number of nitrogens with one attached hydrogen (secondary N) is 2. The first-order chi connectivity index (χ1) is 9.73. The number of carbonyl (C=O) groups is 2. The van der Waals surface area contributed by atoms with Gasteiger partial charge in [-0.3, -0.25) is 9.59 Å². The van der Waals surface area contributed by atoms with Crippen LogP contribution in [0.2, 0.25) is 0 Å². The molecule has 0 spiro atoms. The predicted molar refractivity (Wildman–Crippen MR) is 83.6 cm³/mol. The zero-order valence-corrected chi connectivity index (χ0v) is 13.1. The normalized spacial score (nSPS) is 11.6. The van der Waals surface area contributed by atoms with Crippen molar-refractivity contribution in [2.75, 3.05) is 11.9 Å². The van der Waals surface area contributed by atoms with E-state index in [0.29, 0.717) is 12.4 Å². The second kappa shape index (κ2) is 6.52. The van der Waals surface area contributed by atoms with Gasteiger partial charge in [0.1, 0.15) is 5.82 Å². The van der Waals surface area contributed by atoms with Crippen LogP contribution in [0.15, 0.2) is 37.1 Å². The second-order valence-corrected chi connectivity index (χ2v) is 5.92. The van der Waals surface area contributed by atoms with Crippen molar-refractivity contribution in [3.63, 3.8) is 0 Å². The molecule has 0 unspecified atom stereocenters. The number of carbonyl (C=O) groups excluding carboxylic acids is 2. The molecule has 1 aromatic rings. The smallest absolute Gasteiger partial charge is 0.232 e. The Morgan fingerprint density at radius 3 is 2.33 bits per heavy atom. The van der Waals surface area contributed by atoms with Gasteiger partial charge in [0.2, 0.25) is 11.8 Å². The number of nitrogens with zero attached hydrogens (tertiary/aromatic N) is 1. The lowest BCUT2D eigenvalue weighted by molar-refractivity contribution is -0.144. The van der Waals surface area contributed by atoms with Crippen LogP contribution in [0.1, 0.15) is 27.7 Å². The first-order valence-corrected chi connectivity index (χ1v) is 6.85. The summed E-state index contributed by atoms with van der Waals surface area (Å²) in [6, 6.07) is 5.27. The molecule has 114 valence electrons. The standard InChI is InChI=1S/C16H23N3O2/c1-6-10-18-13(20)15(2,3)16(4,5)14(21)19-12-9-7-8-11-17-12/h6-9,11H,1,10H2,2-5H3,(H,18,20)(H,17,19,21). The van der Waals surface area contributed by atoms with E-state index in [0.717, 1.165) is 0 Å². The van der Waals surface area contributed by atoms with Crippen molar-refractivity contribution in [3.8, 4) is 0 Å². The van der Waals surface area contributed by atoms with Gasteiger partial charge in [-0.2, -0.15) is 0 Å². The molecule has 0 aliphatic heterocycles. The molecule has 0 saturated heterocycles. The topological polar surface area (TPSA) is 71.1 Å². The highest BCUT2D eigenvalue weighted by molar-refractivity contribution is 5.99. The van der Waals surface area contributed by atoms with Crippen LogP contribution in [0.4, 0.5) is 5.82 Å². The summed E-state index contributed by atoms with van der Waals surface area (Å²) in [5, 5.41) is 5.49. The molecule has 5 heteroatoms. The summed E-state index contributed by atoms with van der Waals surface area (Å²) < 4.78 is 0. The van der Waals surface area contributed by atoms with Crippen molar-refractivity contribution >= 4 is 17.6 Å². The molecule has 1 heterocycles. The molecule has 0 radical (unpaired) electrons. The molecule has 0 bridgehead atoms. The van der Waals surface area contributed by atoms with Crippen molar-refractivity contribution in [2.24, 2.45) is 10.8 Å². The van der Waals surface area contributed by atoms with Crippen LogP contribution in [0.25, 0.3) is 0 Å². The fourth-order valence-electron chi connectivity index (χ4n) is 1.66. The monoisotopic (exact) mass is 289 g/mol. The second-order valence-electron chi connectivity index (χ2n) is 5.92. The van der Waals surface area contributed by atoms with Crippen molar-refractivity contribution < 1.29 is 9.59 Å². The maximum Gasteiger partial charge on any atom is 0.232 e. The van der Waals surface area contributed by atoms with E-state index in [1.807, 2.05) is 0 Å². The Bertz CT molecular complexity index is 522. The number of aromatic nitrogens is 1. The van der Waals surface area contributed by atoms with E-state index in [2.05, 4.69) is 22.2 Å². The Morgan fingerprint density at radius 2 is 1.81 bits per heavy atom. The van der Waals surface area contributed by atoms with Crippen LogP contribution in [-0.2, 0) is 9.59 Å². The Kier molecular flexibility index (Phi) is 5.24. The molecule has 0 aromatic carbocycles. The summed E-state index contributed by atoms with van der Waals surface area (Å²) in [4.78, 5) is 28.8. The number of hydrogen-bond donors (Lipinski definition) is 2. The highest BCUT2D eigenvalue weighted by Gasteiger charge is 2.48. The fourth-order valence-corrected chi connectivity index (χ4v) is 1.66. The Morgan fingerprint density at radius 1 is 1.19 bits per heavy atom. The SMILES string of the molecule is C=CCNC(=O)C(C)(C)C(C)(C)C(=O)Nc1ccccn1. The van der Waals surface area contributed by atoms with Gasteiger partial charge < -0.3 is 10.6 Å². The lowest BCUT2D eigenvalue weighted by Gasteiger charge is -2.38. The average Bonchev–Trinajstić information content (AvgIpc) is 2.45. The number of amides is 2. The number of anilines is 1. The Balaban J connectivity index is 2.89. The van der Waals surface area contributed by atoms with Crippen LogP contribution in [0.3, 0.4) is 0 Å². The minimum absolute atomic E-state index is 0.191. The molecule has 0 aliphatic rings. The minimum Gasteiger partial charge on any atom is -0.352 e. The number of hydrogen-bond acceptors (Lipinski definition) is 3. The van der Waals surface area contributed by atoms with E-state index >= 15 is 0 Å². The maximum atomic E-state index is 12.5. The molecule has 2 N–H and O–H groups in total. The van der Waals surface area contributed by atoms with Gasteiger partial charge in [-0.1, -0.05) is 26.0 Å². The van der Waals surface area contributed by atoms with Crippen molar-refractivity contribution in [1.82, 2.24) is 10.3 Å². The molecular formula is C16H23N3O2. The third-order valence-corrected chi connectivity index (χ3v) is 4.01. The third kappa shape index (κ3) is 3.68. The zero-order chi connectivity index (χ0) is 16.1. The first kappa shape index (κ1) is 16.9. The zero-order valence-electron chi connectivity index (χ0n) is 13.1. The minimum atomic E-state index is -0.907. The van der Waals surface area contributed by atoms with Gasteiger partial charge in [0.15, 0.2) is 0 Å². The Labute approximate surface area is 125 Å². The molecule has 21 heavy (non-hydrogen) atoms. The molecule has 2 amide bonds. The van der Waals surface area contributed by atoms with Crippen LogP contribution >= 0.6 is 0 Å². The van der Waals surface area contributed by atoms with Gasteiger partial charge in [-0.05, 0) is 26.0 Å². The van der Waals surface area contributed by atoms with Crippen LogP contribution < -0.4 is 10.6 Å². The molecule has 0 aliphatic carbocycles. The van der Waals surface area contributed by atoms with E-state index in [-0.39, 0.29) is 11.8 Å². The largest absolute Gasteiger partial charge is 0.352 e. The maximum absolute atomic E-state index is 12.5. The van der Waals surface area contributed by atoms with E-state index in [1.54, 1.807) is 58.2 Å². The van der Waals surface area contributed by atoms with Gasteiger partial charge in [0.25, 0.3) is 0 Å². The van der Waals surface area contributed by atoms with E-state index in [4.69, 9.17) is 0 Å². The molecule has 1 rings (SSSR count). The summed E-state index contributed by atoms with van der Waals surface area (Å²) in [5.74, 6) is 0.0291. The van der Waals surface area contributed by atoms with Crippen molar-refractivity contribution in [2.45, 2.75) is 27.7 Å². The van der Waals surface area contributed by atoms with Gasteiger partial charge in [0.05, 0.1) is 10.8 Å². The summed E-state index contributed by atoms with van der Waals surface area (Å²) >= 11 is 0. The molecule has 0 atom stereocenters. The summed E-state index contributed by atoms with van der Waals surface area (Å²) in [6.07, 6.45) is 3.21. The molecule has 1 aromatic heterocycles. The van der Waals surface area contributed by atoms with Gasteiger partial charge in [0, 0.05) is 12.7 Å². The van der Waals surface area contributed by atoms with Crippen LogP contribution in [0.5, 0.6) is 0 Å². The Hall–Kier alpha value is -2.17. The van der Waals surface area contributed by atoms with E-state index in [1.165, 1.54) is 0 Å². The summed E-state index contributed by atoms with van der Waals surface area (Å²) in [6.45, 7) is 10.9. The summed E-state index contributed by atoms with van der Waals surface area (Å²) in [5.41, 5.74) is -1.79. The van der Waals surface area contributed by atoms with Crippen molar-refractivity contribution in [1.29, 1.82) is 0 Å². The quantitative estimate of drug-likeness (QED) is 0.790. The molecule has 0 saturated carbocycles. The lowest BCUT2D eigenvalue weighted by Crippen LogP contribution is -2.51. The van der Waals surface area contributed by atoms with Gasteiger partial charge >= 0.3 is 0 Å². The van der Waals surface area contributed by atoms with Crippen LogP contribution in [0, 0.1) is 10.8 Å². The molecule has 0 fully saturated rings. The number of pyridine rings is 1. The van der Waals surface area contributed by atoms with E-state index in [9.17, 15) is 9.59 Å². The fraction of sp³-hybridized carbons (Fsp3) is 0.438.